The van der Waals surface area contributed by atoms with Crippen LogP contribution in [0.15, 0.2) is 0 Å². The van der Waals surface area contributed by atoms with Gasteiger partial charge in [-0.1, -0.05) is 52.6 Å². The van der Waals surface area contributed by atoms with Gasteiger partial charge in [-0.25, -0.2) is 0 Å². The van der Waals surface area contributed by atoms with Crippen molar-refractivity contribution in [3.8, 4) is 0 Å². The third-order valence-electron chi connectivity index (χ3n) is 4.71. The van der Waals surface area contributed by atoms with Crippen molar-refractivity contribution in [1.29, 1.82) is 0 Å². The monoisotopic (exact) mass is 320 g/mol. The predicted octanol–water partition coefficient (Wildman–Crippen LogP) is 5.04. The molecule has 5 heteroatoms. The average Bonchev–Trinajstić information content (AvgIpc) is 2.14. The number of hydrogen-bond acceptors (Lipinski definition) is 2. The van der Waals surface area contributed by atoms with Gasteiger partial charge in [0.1, 0.15) is 0 Å². The van der Waals surface area contributed by atoms with Crippen molar-refractivity contribution in [2.24, 2.45) is 0 Å². The van der Waals surface area contributed by atoms with Crippen molar-refractivity contribution in [2.75, 3.05) is 13.2 Å². The van der Waals surface area contributed by atoms with E-state index in [0.717, 1.165) is 13.2 Å². The van der Waals surface area contributed by atoms with Crippen LogP contribution in [-0.4, -0.2) is 37.9 Å². The molecule has 0 unspecified atom stereocenters. The molecule has 0 heterocycles. The summed E-state index contributed by atoms with van der Waals surface area (Å²) in [6.45, 7) is 25.5. The van der Waals surface area contributed by atoms with Crippen LogP contribution in [0.3, 0.4) is 0 Å². The van der Waals surface area contributed by atoms with Gasteiger partial charge in [0.25, 0.3) is 0 Å². The fourth-order valence-corrected chi connectivity index (χ4v) is 29.9. The number of hydrogen-bond donors (Lipinski definition) is 0. The molecule has 0 atom stereocenters. The van der Waals surface area contributed by atoms with Crippen molar-refractivity contribution in [1.82, 2.24) is 0 Å². The SMILES string of the molecule is CCO[Si](C)(OCC)C(CC)([Si](C)(C)C)[Si](C)(C)C. The molecule has 0 aliphatic rings. The van der Waals surface area contributed by atoms with E-state index in [1.54, 1.807) is 0 Å². The summed E-state index contributed by atoms with van der Waals surface area (Å²) in [4.78, 5) is 0. The second-order valence-electron chi connectivity index (χ2n) is 7.57. The molecule has 0 rings (SSSR count). The molecule has 116 valence electrons. The molecule has 0 aromatic heterocycles. The Morgan fingerprint density at radius 1 is 0.684 bits per heavy atom. The van der Waals surface area contributed by atoms with Gasteiger partial charge in [0.15, 0.2) is 0 Å². The minimum absolute atomic E-state index is 0.346. The molecule has 0 saturated carbocycles. The molecule has 0 saturated heterocycles. The van der Waals surface area contributed by atoms with Gasteiger partial charge >= 0.3 is 8.56 Å². The van der Waals surface area contributed by atoms with Crippen LogP contribution in [0.5, 0.6) is 0 Å². The first kappa shape index (κ1) is 19.6. The fraction of sp³-hybridized carbons (Fsp3) is 1.00. The van der Waals surface area contributed by atoms with Gasteiger partial charge in [0.2, 0.25) is 0 Å². The summed E-state index contributed by atoms with van der Waals surface area (Å²) in [5.41, 5.74) is 0. The van der Waals surface area contributed by atoms with E-state index in [-0.39, 0.29) is 0 Å². The standard InChI is InChI=1S/C14H36O2Si3/c1-11-14(17(4,5)6,18(7,8)9)19(10,15-12-2)16-13-3/h11-13H2,1-10H3. The third-order valence-corrected chi connectivity index (χ3v) is 25.8. The van der Waals surface area contributed by atoms with E-state index < -0.39 is 24.7 Å². The van der Waals surface area contributed by atoms with Crippen molar-refractivity contribution in [3.63, 3.8) is 0 Å². The lowest BCUT2D eigenvalue weighted by Gasteiger charge is -2.58. The Hall–Kier alpha value is 0.571. The highest BCUT2D eigenvalue weighted by Gasteiger charge is 2.65. The molecule has 0 spiro atoms. The summed E-state index contributed by atoms with van der Waals surface area (Å²) < 4.78 is 13.1. The molecule has 0 aromatic rings. The van der Waals surface area contributed by atoms with Gasteiger partial charge in [-0.15, -0.1) is 0 Å². The Morgan fingerprint density at radius 2 is 1.00 bits per heavy atom. The van der Waals surface area contributed by atoms with Crippen LogP contribution in [0.4, 0.5) is 0 Å². The van der Waals surface area contributed by atoms with Crippen LogP contribution in [0, 0.1) is 0 Å². The van der Waals surface area contributed by atoms with Crippen LogP contribution in [0.25, 0.3) is 0 Å². The highest BCUT2D eigenvalue weighted by Crippen LogP contribution is 2.56. The molecule has 0 aliphatic carbocycles. The molecule has 0 aliphatic heterocycles. The lowest BCUT2D eigenvalue weighted by molar-refractivity contribution is 0.178. The van der Waals surface area contributed by atoms with Crippen LogP contribution in [0.2, 0.25) is 50.1 Å². The Labute approximate surface area is 124 Å². The lowest BCUT2D eigenvalue weighted by atomic mass is 10.5. The maximum absolute atomic E-state index is 6.37. The topological polar surface area (TPSA) is 18.5 Å². The van der Waals surface area contributed by atoms with Crippen LogP contribution >= 0.6 is 0 Å². The summed E-state index contributed by atoms with van der Waals surface area (Å²) in [6, 6.07) is 0. The normalized spacial score (nSPS) is 14.8. The third kappa shape index (κ3) is 3.43. The molecular formula is C14H36O2Si3. The summed E-state index contributed by atoms with van der Waals surface area (Å²) >= 11 is 0. The first-order chi connectivity index (χ1) is 8.43. The molecule has 0 bridgehead atoms. The van der Waals surface area contributed by atoms with Gasteiger partial charge in [-0.3, -0.25) is 0 Å². The van der Waals surface area contributed by atoms with Crippen molar-refractivity contribution < 1.29 is 8.85 Å². The minimum Gasteiger partial charge on any atom is -0.395 e. The van der Waals surface area contributed by atoms with E-state index in [1.165, 1.54) is 6.42 Å². The molecule has 0 fully saturated rings. The molecule has 0 aromatic carbocycles. The van der Waals surface area contributed by atoms with Gasteiger partial charge in [0.05, 0.1) is 16.1 Å². The highest BCUT2D eigenvalue weighted by atomic mass is 28.5. The van der Waals surface area contributed by atoms with Crippen molar-refractivity contribution >= 4 is 24.7 Å². The van der Waals surface area contributed by atoms with Crippen LogP contribution < -0.4 is 0 Å². The molecule has 0 N–H and O–H groups in total. The Morgan fingerprint density at radius 3 is 1.16 bits per heavy atom. The van der Waals surface area contributed by atoms with Crippen molar-refractivity contribution in [2.45, 2.75) is 77.3 Å². The van der Waals surface area contributed by atoms with E-state index in [1.807, 2.05) is 0 Å². The summed E-state index contributed by atoms with van der Waals surface area (Å²) in [5.74, 6) is 0. The van der Waals surface area contributed by atoms with Gasteiger partial charge in [0, 0.05) is 17.5 Å². The molecule has 19 heavy (non-hydrogen) atoms. The van der Waals surface area contributed by atoms with Crippen molar-refractivity contribution in [3.05, 3.63) is 0 Å². The van der Waals surface area contributed by atoms with Crippen LogP contribution in [-0.2, 0) is 8.85 Å². The zero-order chi connectivity index (χ0) is 15.5. The van der Waals surface area contributed by atoms with E-state index in [4.69, 9.17) is 8.85 Å². The largest absolute Gasteiger partial charge is 0.395 e. The van der Waals surface area contributed by atoms with E-state index in [9.17, 15) is 0 Å². The summed E-state index contributed by atoms with van der Waals surface area (Å²) in [7, 11) is -4.99. The Bertz CT molecular complexity index is 259. The average molecular weight is 321 g/mol. The first-order valence-corrected chi connectivity index (χ1v) is 17.0. The fourth-order valence-electron chi connectivity index (χ4n) is 4.71. The zero-order valence-electron chi connectivity index (χ0n) is 14.9. The maximum Gasteiger partial charge on any atom is 0.335 e. The summed E-state index contributed by atoms with van der Waals surface area (Å²) in [6.07, 6.45) is 1.21. The maximum atomic E-state index is 6.37. The van der Waals surface area contributed by atoms with E-state index >= 15 is 0 Å². The lowest BCUT2D eigenvalue weighted by Crippen LogP contribution is -2.70. The Kier molecular flexibility index (Phi) is 6.75. The first-order valence-electron chi connectivity index (χ1n) is 7.71. The second kappa shape index (κ2) is 6.56. The minimum atomic E-state index is -2.18. The molecule has 0 amide bonds. The quantitative estimate of drug-likeness (QED) is 0.583. The van der Waals surface area contributed by atoms with Gasteiger partial charge < -0.3 is 8.85 Å². The van der Waals surface area contributed by atoms with E-state index in [2.05, 4.69) is 66.6 Å². The van der Waals surface area contributed by atoms with Gasteiger partial charge in [-0.2, -0.15) is 0 Å². The second-order valence-corrected chi connectivity index (χ2v) is 23.1. The molecule has 2 nitrogen and oxygen atoms in total. The highest BCUT2D eigenvalue weighted by molar-refractivity contribution is 7.12. The van der Waals surface area contributed by atoms with Gasteiger partial charge in [-0.05, 0) is 20.4 Å². The molecular weight excluding hydrogens is 284 g/mol. The van der Waals surface area contributed by atoms with E-state index in [0.29, 0.717) is 4.28 Å². The predicted molar refractivity (Wildman–Crippen MR) is 94.5 cm³/mol. The molecule has 0 radical (unpaired) electrons. The zero-order valence-corrected chi connectivity index (χ0v) is 17.9. The van der Waals surface area contributed by atoms with Crippen LogP contribution in [0.1, 0.15) is 27.2 Å². The smallest absolute Gasteiger partial charge is 0.335 e. The number of rotatable bonds is 8. The Balaban J connectivity index is 6.08. The summed E-state index contributed by atoms with van der Waals surface area (Å²) in [5, 5.41) is 0.